The summed E-state index contributed by atoms with van der Waals surface area (Å²) in [7, 11) is 0. The van der Waals surface area contributed by atoms with Gasteiger partial charge in [0.05, 0.1) is 12.2 Å². The summed E-state index contributed by atoms with van der Waals surface area (Å²) >= 11 is 3.46. The average molecular weight is 339 g/mol. The number of hydrogen-bond donors (Lipinski definition) is 1. The highest BCUT2D eigenvalue weighted by Crippen LogP contribution is 2.32. The summed E-state index contributed by atoms with van der Waals surface area (Å²) in [5, 5.41) is 2.67. The quantitative estimate of drug-likeness (QED) is 0.900. The highest BCUT2D eigenvalue weighted by molar-refractivity contribution is 9.10. The van der Waals surface area contributed by atoms with Gasteiger partial charge in [0.15, 0.2) is 0 Å². The number of piperazine rings is 1. The Morgan fingerprint density at radius 3 is 2.30 bits per heavy atom. The zero-order chi connectivity index (χ0) is 15.0. The third-order valence-corrected chi connectivity index (χ3v) is 4.02. The molecule has 108 valence electrons. The van der Waals surface area contributed by atoms with Crippen molar-refractivity contribution >= 4 is 33.4 Å². The smallest absolute Gasteiger partial charge is 0.247 e. The third-order valence-electron chi connectivity index (χ3n) is 3.56. The minimum atomic E-state index is -0.449. The Hall–Kier alpha value is -1.36. The number of nitrogens with one attached hydrogen (secondary N) is 1. The van der Waals surface area contributed by atoms with Gasteiger partial charge in [-0.15, -0.1) is 0 Å². The summed E-state index contributed by atoms with van der Waals surface area (Å²) in [5.41, 5.74) is 2.84. The van der Waals surface area contributed by atoms with Crippen LogP contribution in [0, 0.1) is 19.8 Å². The summed E-state index contributed by atoms with van der Waals surface area (Å²) in [6.45, 7) is 7.91. The molecule has 1 unspecified atom stereocenters. The van der Waals surface area contributed by atoms with Crippen molar-refractivity contribution in [3.63, 3.8) is 0 Å². The molecular formula is C15H19BrN2O2. The second-order valence-electron chi connectivity index (χ2n) is 5.56. The van der Waals surface area contributed by atoms with Gasteiger partial charge in [0.25, 0.3) is 0 Å². The number of carbonyl (C=O) groups is 2. The van der Waals surface area contributed by atoms with Gasteiger partial charge >= 0.3 is 0 Å². The predicted octanol–water partition coefficient (Wildman–Crippen LogP) is 2.55. The van der Waals surface area contributed by atoms with Gasteiger partial charge in [-0.25, -0.2) is 0 Å². The molecule has 0 spiro atoms. The van der Waals surface area contributed by atoms with Crippen molar-refractivity contribution in [2.75, 3.05) is 11.4 Å². The number of anilines is 1. The van der Waals surface area contributed by atoms with Gasteiger partial charge in [0, 0.05) is 4.47 Å². The van der Waals surface area contributed by atoms with E-state index in [1.807, 2.05) is 39.8 Å². The highest BCUT2D eigenvalue weighted by atomic mass is 79.9. The lowest BCUT2D eigenvalue weighted by Gasteiger charge is -2.38. The Balaban J connectivity index is 2.57. The molecule has 2 amide bonds. The summed E-state index contributed by atoms with van der Waals surface area (Å²) in [6, 6.07) is 3.49. The normalized spacial score (nSPS) is 19.5. The van der Waals surface area contributed by atoms with Crippen LogP contribution in [0.2, 0.25) is 0 Å². The van der Waals surface area contributed by atoms with Gasteiger partial charge in [-0.3, -0.25) is 14.5 Å². The van der Waals surface area contributed by atoms with Crippen LogP contribution in [-0.2, 0) is 9.59 Å². The maximum atomic E-state index is 12.3. The molecule has 1 atom stereocenters. The molecule has 1 heterocycles. The first kappa shape index (κ1) is 15.0. The zero-order valence-corrected chi connectivity index (χ0v) is 13.7. The molecule has 2 rings (SSSR count). The lowest BCUT2D eigenvalue weighted by atomic mass is 9.96. The lowest BCUT2D eigenvalue weighted by molar-refractivity contribution is -0.131. The van der Waals surface area contributed by atoms with Crippen molar-refractivity contribution in [1.82, 2.24) is 5.32 Å². The van der Waals surface area contributed by atoms with Crippen molar-refractivity contribution in [3.05, 3.63) is 27.7 Å². The molecule has 0 bridgehead atoms. The van der Waals surface area contributed by atoms with E-state index in [9.17, 15) is 9.59 Å². The fourth-order valence-electron chi connectivity index (χ4n) is 2.77. The van der Waals surface area contributed by atoms with Crippen LogP contribution in [0.15, 0.2) is 16.6 Å². The lowest BCUT2D eigenvalue weighted by Crippen LogP contribution is -2.61. The largest absolute Gasteiger partial charge is 0.345 e. The minimum Gasteiger partial charge on any atom is -0.345 e. The van der Waals surface area contributed by atoms with Crippen LogP contribution in [0.1, 0.15) is 25.0 Å². The highest BCUT2D eigenvalue weighted by Gasteiger charge is 2.38. The molecule has 0 aliphatic carbocycles. The van der Waals surface area contributed by atoms with Crippen LogP contribution in [0.4, 0.5) is 5.69 Å². The van der Waals surface area contributed by atoms with Crippen molar-refractivity contribution in [2.24, 2.45) is 5.92 Å². The van der Waals surface area contributed by atoms with Crippen LogP contribution in [0.25, 0.3) is 0 Å². The Bertz CT molecular complexity index is 546. The molecule has 4 nitrogen and oxygen atoms in total. The number of carbonyl (C=O) groups excluding carboxylic acids is 2. The van der Waals surface area contributed by atoms with Gasteiger partial charge < -0.3 is 5.32 Å². The van der Waals surface area contributed by atoms with Crippen molar-refractivity contribution in [2.45, 2.75) is 33.7 Å². The monoisotopic (exact) mass is 338 g/mol. The molecule has 5 heteroatoms. The number of hydrogen-bond acceptors (Lipinski definition) is 2. The van der Waals surface area contributed by atoms with Crippen molar-refractivity contribution < 1.29 is 9.59 Å². The van der Waals surface area contributed by atoms with E-state index in [2.05, 4.69) is 21.2 Å². The average Bonchev–Trinajstić information content (AvgIpc) is 2.31. The SMILES string of the molecule is Cc1cc(Br)cc(C)c1N1C(=O)CNC(=O)C1C(C)C. The molecular weight excluding hydrogens is 320 g/mol. The molecule has 1 aliphatic heterocycles. The second kappa shape index (κ2) is 5.56. The van der Waals surface area contributed by atoms with Crippen LogP contribution < -0.4 is 10.2 Å². The van der Waals surface area contributed by atoms with E-state index in [-0.39, 0.29) is 24.3 Å². The number of rotatable bonds is 2. The van der Waals surface area contributed by atoms with Crippen LogP contribution in [0.3, 0.4) is 0 Å². The van der Waals surface area contributed by atoms with Gasteiger partial charge in [-0.2, -0.15) is 0 Å². The van der Waals surface area contributed by atoms with E-state index >= 15 is 0 Å². The molecule has 1 saturated heterocycles. The summed E-state index contributed by atoms with van der Waals surface area (Å²) < 4.78 is 0.978. The first-order valence-electron chi connectivity index (χ1n) is 6.69. The van der Waals surface area contributed by atoms with Crippen molar-refractivity contribution in [1.29, 1.82) is 0 Å². The van der Waals surface area contributed by atoms with E-state index in [1.54, 1.807) is 4.90 Å². The molecule has 20 heavy (non-hydrogen) atoms. The van der Waals surface area contributed by atoms with Crippen molar-refractivity contribution in [3.8, 4) is 0 Å². The Morgan fingerprint density at radius 1 is 1.25 bits per heavy atom. The number of nitrogens with zero attached hydrogens (tertiary/aromatic N) is 1. The fourth-order valence-corrected chi connectivity index (χ4v) is 3.46. The van der Waals surface area contributed by atoms with E-state index in [1.165, 1.54) is 0 Å². The first-order chi connectivity index (χ1) is 9.32. The molecule has 0 radical (unpaired) electrons. The number of amides is 2. The Morgan fingerprint density at radius 2 is 1.80 bits per heavy atom. The zero-order valence-electron chi connectivity index (χ0n) is 12.2. The van der Waals surface area contributed by atoms with Gasteiger partial charge in [0.2, 0.25) is 11.8 Å². The first-order valence-corrected chi connectivity index (χ1v) is 7.48. The topological polar surface area (TPSA) is 49.4 Å². The summed E-state index contributed by atoms with van der Waals surface area (Å²) in [6.07, 6.45) is 0. The van der Waals surface area contributed by atoms with E-state index in [4.69, 9.17) is 0 Å². The van der Waals surface area contributed by atoms with E-state index in [0.717, 1.165) is 21.3 Å². The minimum absolute atomic E-state index is 0.0571. The molecule has 1 aliphatic rings. The van der Waals surface area contributed by atoms with Crippen LogP contribution in [0.5, 0.6) is 0 Å². The van der Waals surface area contributed by atoms with Crippen LogP contribution in [-0.4, -0.2) is 24.4 Å². The van der Waals surface area contributed by atoms with Gasteiger partial charge in [0.1, 0.15) is 6.04 Å². The fraction of sp³-hybridized carbons (Fsp3) is 0.467. The van der Waals surface area contributed by atoms with Gasteiger partial charge in [-0.05, 0) is 43.0 Å². The summed E-state index contributed by atoms with van der Waals surface area (Å²) in [4.78, 5) is 26.2. The predicted molar refractivity (Wildman–Crippen MR) is 82.7 cm³/mol. The standard InChI is InChI=1S/C15H19BrN2O2/c1-8(2)13-15(20)17-7-12(19)18(13)14-9(3)5-11(16)6-10(14)4/h5-6,8,13H,7H2,1-4H3,(H,17,20). The number of aryl methyl sites for hydroxylation is 2. The van der Waals surface area contributed by atoms with Crippen LogP contribution >= 0.6 is 15.9 Å². The molecule has 0 aromatic heterocycles. The van der Waals surface area contributed by atoms with E-state index in [0.29, 0.717) is 0 Å². The maximum absolute atomic E-state index is 12.3. The molecule has 1 N–H and O–H groups in total. The summed E-state index contributed by atoms with van der Waals surface area (Å²) in [5.74, 6) is -0.0835. The Labute approximate surface area is 127 Å². The molecule has 1 aromatic carbocycles. The van der Waals surface area contributed by atoms with Gasteiger partial charge in [-0.1, -0.05) is 29.8 Å². The number of halogens is 1. The Kier molecular flexibility index (Phi) is 4.18. The molecule has 1 aromatic rings. The maximum Gasteiger partial charge on any atom is 0.247 e. The van der Waals surface area contributed by atoms with E-state index < -0.39 is 6.04 Å². The number of benzene rings is 1. The molecule has 1 fully saturated rings. The second-order valence-corrected chi connectivity index (χ2v) is 6.47. The third kappa shape index (κ3) is 2.59. The molecule has 0 saturated carbocycles.